The normalized spacial score (nSPS) is 17.2. The number of hydrogen-bond donors (Lipinski definition) is 3. The molecule has 0 atom stereocenters. The molecule has 0 aliphatic heterocycles. The maximum atomic E-state index is 11.9. The second-order valence-corrected chi connectivity index (χ2v) is 6.55. The van der Waals surface area contributed by atoms with E-state index in [9.17, 15) is 9.90 Å². The summed E-state index contributed by atoms with van der Waals surface area (Å²) in [6, 6.07) is 1.62. The van der Waals surface area contributed by atoms with Gasteiger partial charge in [-0.2, -0.15) is 0 Å². The van der Waals surface area contributed by atoms with Crippen LogP contribution in [-0.4, -0.2) is 28.4 Å². The van der Waals surface area contributed by atoms with E-state index in [1.807, 2.05) is 6.07 Å². The van der Waals surface area contributed by atoms with Crippen molar-refractivity contribution in [3.63, 3.8) is 0 Å². The van der Waals surface area contributed by atoms with Crippen LogP contribution in [0.15, 0.2) is 10.6 Å². The van der Waals surface area contributed by atoms with E-state index in [4.69, 9.17) is 4.52 Å². The summed E-state index contributed by atoms with van der Waals surface area (Å²) in [5.74, 6) is 1.06. The van der Waals surface area contributed by atoms with Gasteiger partial charge in [0.05, 0.1) is 17.8 Å². The molecule has 1 fully saturated rings. The van der Waals surface area contributed by atoms with Crippen LogP contribution in [0.1, 0.15) is 76.2 Å². The van der Waals surface area contributed by atoms with E-state index in [1.54, 1.807) is 0 Å². The number of aromatic nitrogens is 1. The topological polar surface area (TPSA) is 87.4 Å². The van der Waals surface area contributed by atoms with Crippen LogP contribution in [0.3, 0.4) is 0 Å². The molecule has 130 valence electrons. The molecule has 3 N–H and O–H groups in total. The van der Waals surface area contributed by atoms with Crippen LogP contribution in [-0.2, 0) is 6.54 Å². The zero-order valence-corrected chi connectivity index (χ0v) is 14.2. The molecule has 1 aliphatic rings. The van der Waals surface area contributed by atoms with Crippen LogP contribution in [0.4, 0.5) is 4.79 Å². The number of aliphatic hydroxyl groups is 1. The third-order valence-electron chi connectivity index (χ3n) is 4.77. The van der Waals surface area contributed by atoms with Gasteiger partial charge in [-0.25, -0.2) is 4.79 Å². The Morgan fingerprint density at radius 3 is 2.65 bits per heavy atom. The summed E-state index contributed by atoms with van der Waals surface area (Å²) in [5.41, 5.74) is 0.202. The first-order chi connectivity index (χ1) is 11.1. The molecule has 0 spiro atoms. The fourth-order valence-electron chi connectivity index (χ4n) is 3.17. The van der Waals surface area contributed by atoms with Crippen LogP contribution in [0.25, 0.3) is 0 Å². The number of urea groups is 1. The van der Waals surface area contributed by atoms with E-state index in [0.717, 1.165) is 44.2 Å². The highest BCUT2D eigenvalue weighted by Gasteiger charge is 2.29. The minimum atomic E-state index is -0.746. The Hall–Kier alpha value is -1.56. The van der Waals surface area contributed by atoms with Crippen molar-refractivity contribution in [1.82, 2.24) is 15.8 Å². The van der Waals surface area contributed by atoms with Crippen molar-refractivity contribution in [2.75, 3.05) is 6.54 Å². The van der Waals surface area contributed by atoms with E-state index in [2.05, 4.69) is 29.6 Å². The first-order valence-electron chi connectivity index (χ1n) is 8.76. The average Bonchev–Trinajstić information content (AvgIpc) is 3.02. The maximum absolute atomic E-state index is 11.9. The maximum Gasteiger partial charge on any atom is 0.315 e. The van der Waals surface area contributed by atoms with E-state index in [-0.39, 0.29) is 6.03 Å². The predicted octanol–water partition coefficient (Wildman–Crippen LogP) is 3.07. The highest BCUT2D eigenvalue weighted by atomic mass is 16.5. The molecule has 2 rings (SSSR count). The van der Waals surface area contributed by atoms with E-state index in [0.29, 0.717) is 24.8 Å². The fraction of sp³-hybridized carbons (Fsp3) is 0.765. The quantitative estimate of drug-likeness (QED) is 0.719. The Balaban J connectivity index is 1.74. The molecule has 1 aromatic rings. The summed E-state index contributed by atoms with van der Waals surface area (Å²) in [4.78, 5) is 11.9. The van der Waals surface area contributed by atoms with Gasteiger partial charge in [0.2, 0.25) is 0 Å². The zero-order chi connectivity index (χ0) is 16.7. The van der Waals surface area contributed by atoms with Crippen LogP contribution in [0.2, 0.25) is 0 Å². The van der Waals surface area contributed by atoms with Gasteiger partial charge in [-0.05, 0) is 25.7 Å². The molecular formula is C17H29N3O3. The van der Waals surface area contributed by atoms with Gasteiger partial charge >= 0.3 is 6.03 Å². The van der Waals surface area contributed by atoms with Crippen molar-refractivity contribution in [3.05, 3.63) is 17.5 Å². The van der Waals surface area contributed by atoms with E-state index >= 15 is 0 Å². The minimum Gasteiger partial charge on any atom is -0.388 e. The monoisotopic (exact) mass is 323 g/mol. The molecular weight excluding hydrogens is 294 g/mol. The second kappa shape index (κ2) is 8.34. The van der Waals surface area contributed by atoms with Gasteiger partial charge in [0, 0.05) is 18.5 Å². The SMILES string of the molecule is CCC(CC)c1cc(CNC(=O)NCC2(O)CCCCC2)on1. The summed E-state index contributed by atoms with van der Waals surface area (Å²) < 4.78 is 5.27. The number of hydrogen-bond acceptors (Lipinski definition) is 4. The fourth-order valence-corrected chi connectivity index (χ4v) is 3.17. The van der Waals surface area contributed by atoms with Gasteiger partial charge < -0.3 is 20.3 Å². The molecule has 1 aliphatic carbocycles. The van der Waals surface area contributed by atoms with Crippen molar-refractivity contribution >= 4 is 6.03 Å². The lowest BCUT2D eigenvalue weighted by Gasteiger charge is -2.32. The van der Waals surface area contributed by atoms with Gasteiger partial charge in [0.15, 0.2) is 5.76 Å². The highest BCUT2D eigenvalue weighted by Crippen LogP contribution is 2.27. The molecule has 1 heterocycles. The number of amides is 2. The van der Waals surface area contributed by atoms with E-state index in [1.165, 1.54) is 6.42 Å². The summed E-state index contributed by atoms with van der Waals surface area (Å²) >= 11 is 0. The number of carbonyl (C=O) groups is 1. The first kappa shape index (κ1) is 17.8. The molecule has 1 aromatic heterocycles. The predicted molar refractivity (Wildman–Crippen MR) is 88.1 cm³/mol. The van der Waals surface area contributed by atoms with Crippen molar-refractivity contribution in [3.8, 4) is 0 Å². The second-order valence-electron chi connectivity index (χ2n) is 6.55. The molecule has 0 aromatic carbocycles. The van der Waals surface area contributed by atoms with Crippen LogP contribution in [0.5, 0.6) is 0 Å². The van der Waals surface area contributed by atoms with Crippen LogP contribution in [0, 0.1) is 0 Å². The molecule has 0 radical (unpaired) electrons. The lowest BCUT2D eigenvalue weighted by Crippen LogP contribution is -2.47. The summed E-state index contributed by atoms with van der Waals surface area (Å²) in [7, 11) is 0. The molecule has 6 heteroatoms. The third-order valence-corrected chi connectivity index (χ3v) is 4.77. The Labute approximate surface area is 138 Å². The molecule has 0 saturated heterocycles. The molecule has 0 unspecified atom stereocenters. The van der Waals surface area contributed by atoms with Gasteiger partial charge in [-0.3, -0.25) is 0 Å². The van der Waals surface area contributed by atoms with Crippen molar-refractivity contribution in [1.29, 1.82) is 0 Å². The van der Waals surface area contributed by atoms with Gasteiger partial charge in [-0.1, -0.05) is 38.3 Å². The first-order valence-corrected chi connectivity index (χ1v) is 8.76. The number of nitrogens with one attached hydrogen (secondary N) is 2. The third kappa shape index (κ3) is 5.23. The minimum absolute atomic E-state index is 0.288. The molecule has 6 nitrogen and oxygen atoms in total. The van der Waals surface area contributed by atoms with Crippen molar-refractivity contribution < 1.29 is 14.4 Å². The molecule has 23 heavy (non-hydrogen) atoms. The molecule has 0 bridgehead atoms. The van der Waals surface area contributed by atoms with Crippen LogP contribution < -0.4 is 10.6 Å². The van der Waals surface area contributed by atoms with Crippen LogP contribution >= 0.6 is 0 Å². The summed E-state index contributed by atoms with van der Waals surface area (Å²) in [6.45, 7) is 4.86. The lowest BCUT2D eigenvalue weighted by atomic mass is 9.85. The number of rotatable bonds is 7. The Morgan fingerprint density at radius 1 is 1.30 bits per heavy atom. The van der Waals surface area contributed by atoms with Crippen molar-refractivity contribution in [2.24, 2.45) is 0 Å². The molecule has 1 saturated carbocycles. The Bertz CT molecular complexity index is 491. The largest absolute Gasteiger partial charge is 0.388 e. The lowest BCUT2D eigenvalue weighted by molar-refractivity contribution is 0.00718. The summed E-state index contributed by atoms with van der Waals surface area (Å²) in [6.07, 6.45) is 6.78. The van der Waals surface area contributed by atoms with Gasteiger partial charge in [-0.15, -0.1) is 0 Å². The highest BCUT2D eigenvalue weighted by molar-refractivity contribution is 5.73. The number of carbonyl (C=O) groups excluding carboxylic acids is 1. The summed E-state index contributed by atoms with van der Waals surface area (Å²) in [5, 5.41) is 19.9. The Kier molecular flexibility index (Phi) is 6.45. The Morgan fingerprint density at radius 2 is 2.00 bits per heavy atom. The number of nitrogens with zero attached hydrogens (tertiary/aromatic N) is 1. The standard InChI is InChI=1S/C17H29N3O3/c1-3-13(4-2)15-10-14(23-20-15)11-18-16(21)19-12-17(22)8-6-5-7-9-17/h10,13,22H,3-9,11-12H2,1-2H3,(H2,18,19,21). The average molecular weight is 323 g/mol. The van der Waals surface area contributed by atoms with Gasteiger partial charge in [0.25, 0.3) is 0 Å². The van der Waals surface area contributed by atoms with E-state index < -0.39 is 5.60 Å². The van der Waals surface area contributed by atoms with Gasteiger partial charge in [0.1, 0.15) is 0 Å². The smallest absolute Gasteiger partial charge is 0.315 e. The molecule has 2 amide bonds. The van der Waals surface area contributed by atoms with Crippen molar-refractivity contribution in [2.45, 2.75) is 76.9 Å². The zero-order valence-electron chi connectivity index (χ0n) is 14.2.